The van der Waals surface area contributed by atoms with Gasteiger partial charge in [0.1, 0.15) is 0 Å². The average molecular weight is 266 g/mol. The number of nitrogens with zero attached hydrogens (tertiary/aromatic N) is 3. The maximum atomic E-state index is 2.41. The van der Waals surface area contributed by atoms with E-state index in [4.69, 9.17) is 0 Å². The van der Waals surface area contributed by atoms with Gasteiger partial charge in [0.2, 0.25) is 0 Å². The van der Waals surface area contributed by atoms with Crippen LogP contribution in [0.2, 0.25) is 0 Å². The van der Waals surface area contributed by atoms with Gasteiger partial charge in [0, 0.05) is 0 Å². The Kier molecular flexibility index (Phi) is 37.7. The Balaban J connectivity index is -0.0000000852. The SMILES string of the molecule is C.C.C.CCC.CCN(C)CN(CC)CN(C)C. The molecule has 118 valence electrons. The maximum Gasteiger partial charge on any atom is 0.0515 e. The molecule has 3 nitrogen and oxygen atoms in total. The fourth-order valence-corrected chi connectivity index (χ4v) is 1.09. The first kappa shape index (κ1) is 30.7. The lowest BCUT2D eigenvalue weighted by Crippen LogP contribution is -2.40. The summed E-state index contributed by atoms with van der Waals surface area (Å²) in [5.41, 5.74) is 0. The highest BCUT2D eigenvalue weighted by atomic mass is 15.4. The first-order valence-corrected chi connectivity index (χ1v) is 6.07. The molecule has 0 spiro atoms. The second-order valence-electron chi connectivity index (χ2n) is 4.23. The van der Waals surface area contributed by atoms with Gasteiger partial charge in [-0.1, -0.05) is 56.4 Å². The minimum absolute atomic E-state index is 0. The monoisotopic (exact) mass is 265 g/mol. The highest BCUT2D eigenvalue weighted by Crippen LogP contribution is 1.92. The topological polar surface area (TPSA) is 9.72 Å². The van der Waals surface area contributed by atoms with Crippen LogP contribution in [0.3, 0.4) is 0 Å². The van der Waals surface area contributed by atoms with E-state index in [-0.39, 0.29) is 22.3 Å². The summed E-state index contributed by atoms with van der Waals surface area (Å²) in [6.07, 6.45) is 1.25. The lowest BCUT2D eigenvalue weighted by atomic mass is 10.5. The Morgan fingerprint density at radius 2 is 1.06 bits per heavy atom. The molecule has 0 aromatic carbocycles. The maximum absolute atomic E-state index is 2.41. The average Bonchev–Trinajstić information content (AvgIpc) is 2.17. The summed E-state index contributed by atoms with van der Waals surface area (Å²) in [6, 6.07) is 0. The molecule has 0 aromatic rings. The molecule has 0 atom stereocenters. The van der Waals surface area contributed by atoms with E-state index >= 15 is 0 Å². The van der Waals surface area contributed by atoms with E-state index < -0.39 is 0 Å². The van der Waals surface area contributed by atoms with Crippen LogP contribution < -0.4 is 0 Å². The van der Waals surface area contributed by atoms with Crippen molar-refractivity contribution in [3.8, 4) is 0 Å². The number of hydrogen-bond acceptors (Lipinski definition) is 3. The van der Waals surface area contributed by atoms with Crippen LogP contribution >= 0.6 is 0 Å². The van der Waals surface area contributed by atoms with E-state index in [1.165, 1.54) is 6.42 Å². The minimum atomic E-state index is 0. The first-order chi connectivity index (χ1) is 7.01. The summed E-state index contributed by atoms with van der Waals surface area (Å²) in [5.74, 6) is 0. The highest BCUT2D eigenvalue weighted by molar-refractivity contribution is 4.52. The second kappa shape index (κ2) is 22.1. The molecule has 0 fully saturated rings. The Bertz CT molecular complexity index is 116. The lowest BCUT2D eigenvalue weighted by Gasteiger charge is -2.28. The van der Waals surface area contributed by atoms with E-state index in [1.54, 1.807) is 0 Å². The summed E-state index contributed by atoms with van der Waals surface area (Å²) >= 11 is 0. The van der Waals surface area contributed by atoms with Gasteiger partial charge >= 0.3 is 0 Å². The molecule has 0 bridgehead atoms. The van der Waals surface area contributed by atoms with Crippen LogP contribution in [-0.4, -0.2) is 62.3 Å². The molecule has 0 aliphatic heterocycles. The van der Waals surface area contributed by atoms with Crippen molar-refractivity contribution in [2.45, 2.75) is 56.4 Å². The Hall–Kier alpha value is -0.120. The molecule has 18 heavy (non-hydrogen) atoms. The fourth-order valence-electron chi connectivity index (χ4n) is 1.09. The van der Waals surface area contributed by atoms with E-state index in [0.29, 0.717) is 0 Å². The third-order valence-corrected chi connectivity index (χ3v) is 1.91. The Morgan fingerprint density at radius 3 is 1.28 bits per heavy atom. The molecule has 0 aromatic heterocycles. The normalized spacial score (nSPS) is 9.00. The van der Waals surface area contributed by atoms with Gasteiger partial charge in [-0.15, -0.1) is 0 Å². The van der Waals surface area contributed by atoms with Gasteiger partial charge in [0.05, 0.1) is 13.3 Å². The summed E-state index contributed by atoms with van der Waals surface area (Å²) in [5, 5.41) is 0. The van der Waals surface area contributed by atoms with Gasteiger partial charge in [0.15, 0.2) is 0 Å². The lowest BCUT2D eigenvalue weighted by molar-refractivity contribution is 0.114. The molecule has 0 saturated heterocycles. The third kappa shape index (κ3) is 24.9. The van der Waals surface area contributed by atoms with Crippen molar-refractivity contribution in [1.82, 2.24) is 14.7 Å². The summed E-state index contributed by atoms with van der Waals surface area (Å²) < 4.78 is 0. The molecule has 0 amide bonds. The molecule has 0 aliphatic carbocycles. The van der Waals surface area contributed by atoms with Crippen LogP contribution in [0.15, 0.2) is 0 Å². The largest absolute Gasteiger partial charge is 0.297 e. The van der Waals surface area contributed by atoms with Crippen LogP contribution in [0.4, 0.5) is 0 Å². The Morgan fingerprint density at radius 1 is 0.667 bits per heavy atom. The van der Waals surface area contributed by atoms with Crippen molar-refractivity contribution in [3.05, 3.63) is 0 Å². The van der Waals surface area contributed by atoms with Crippen LogP contribution in [-0.2, 0) is 0 Å². The van der Waals surface area contributed by atoms with Gasteiger partial charge in [-0.05, 0) is 34.2 Å². The van der Waals surface area contributed by atoms with Gasteiger partial charge in [-0.25, -0.2) is 0 Å². The van der Waals surface area contributed by atoms with Crippen molar-refractivity contribution in [2.75, 3.05) is 47.6 Å². The zero-order chi connectivity index (χ0) is 12.3. The number of rotatable bonds is 6. The Labute approximate surface area is 119 Å². The van der Waals surface area contributed by atoms with Gasteiger partial charge in [0.25, 0.3) is 0 Å². The van der Waals surface area contributed by atoms with E-state index in [9.17, 15) is 0 Å². The van der Waals surface area contributed by atoms with E-state index in [0.717, 1.165) is 26.4 Å². The summed E-state index contributed by atoms with van der Waals surface area (Å²) in [4.78, 5) is 6.92. The summed E-state index contributed by atoms with van der Waals surface area (Å²) in [7, 11) is 6.36. The molecule has 0 heterocycles. The zero-order valence-electron chi connectivity index (χ0n) is 11.9. The molecule has 0 radical (unpaired) electrons. The molecule has 0 saturated carbocycles. The molecule has 0 aliphatic rings. The molecule has 3 heteroatoms. The van der Waals surface area contributed by atoms with Crippen LogP contribution in [0, 0.1) is 0 Å². The van der Waals surface area contributed by atoms with Crippen LogP contribution in [0.5, 0.6) is 0 Å². The van der Waals surface area contributed by atoms with E-state index in [1.807, 2.05) is 0 Å². The zero-order valence-corrected chi connectivity index (χ0v) is 11.9. The molecule has 0 unspecified atom stereocenters. The van der Waals surface area contributed by atoms with Crippen molar-refractivity contribution in [3.63, 3.8) is 0 Å². The van der Waals surface area contributed by atoms with Gasteiger partial charge in [-0.3, -0.25) is 14.7 Å². The molecule has 0 N–H and O–H groups in total. The highest BCUT2D eigenvalue weighted by Gasteiger charge is 2.04. The smallest absolute Gasteiger partial charge is 0.0515 e. The standard InChI is InChI=1S/C9H23N3.C3H8.3CH4/c1-6-11(5)9-12(7-2)8-10(3)4;1-3-2;;;/h6-9H2,1-5H3;3H2,1-2H3;3*1H4. The van der Waals surface area contributed by atoms with Gasteiger partial charge < -0.3 is 0 Å². The van der Waals surface area contributed by atoms with Crippen LogP contribution in [0.1, 0.15) is 56.4 Å². The molecule has 0 rings (SSSR count). The van der Waals surface area contributed by atoms with Crippen molar-refractivity contribution >= 4 is 0 Å². The predicted molar refractivity (Wildman–Crippen MR) is 90.3 cm³/mol. The third-order valence-electron chi connectivity index (χ3n) is 1.91. The molecular weight excluding hydrogens is 222 g/mol. The minimum Gasteiger partial charge on any atom is -0.297 e. The quantitative estimate of drug-likeness (QED) is 0.671. The van der Waals surface area contributed by atoms with Crippen molar-refractivity contribution < 1.29 is 0 Å². The van der Waals surface area contributed by atoms with Crippen molar-refractivity contribution in [2.24, 2.45) is 0 Å². The molecular formula is C15H43N3. The predicted octanol–water partition coefficient (Wildman–Crippen LogP) is 4.06. The first-order valence-electron chi connectivity index (χ1n) is 6.07. The number of hydrogen-bond donors (Lipinski definition) is 0. The van der Waals surface area contributed by atoms with E-state index in [2.05, 4.69) is 63.5 Å². The fraction of sp³-hybridized carbons (Fsp3) is 1.00. The van der Waals surface area contributed by atoms with Gasteiger partial charge in [-0.2, -0.15) is 0 Å². The van der Waals surface area contributed by atoms with Crippen LogP contribution in [0.25, 0.3) is 0 Å². The van der Waals surface area contributed by atoms with Crippen molar-refractivity contribution in [1.29, 1.82) is 0 Å². The second-order valence-corrected chi connectivity index (χ2v) is 4.23. The summed E-state index contributed by atoms with van der Waals surface area (Å²) in [6.45, 7) is 13.0.